The van der Waals surface area contributed by atoms with Gasteiger partial charge in [0.1, 0.15) is 6.54 Å². The number of allylic oxidation sites excluding steroid dienone is 2. The molecule has 5 nitrogen and oxygen atoms in total. The van der Waals surface area contributed by atoms with Gasteiger partial charge in [0.25, 0.3) is 0 Å². The average Bonchev–Trinajstić information content (AvgIpc) is 2.74. The van der Waals surface area contributed by atoms with E-state index in [1.54, 1.807) is 12.1 Å². The van der Waals surface area contributed by atoms with Crippen molar-refractivity contribution in [3.05, 3.63) is 40.9 Å². The Kier molecular flexibility index (Phi) is 4.22. The summed E-state index contributed by atoms with van der Waals surface area (Å²) in [4.78, 5) is 38.0. The van der Waals surface area contributed by atoms with Gasteiger partial charge >= 0.3 is 0 Å². The molecule has 0 aromatic heterocycles. The molecule has 3 rings (SSSR count). The smallest absolute Gasteiger partial charge is 0.244 e. The zero-order valence-corrected chi connectivity index (χ0v) is 13.5. The Morgan fingerprint density at radius 3 is 2.70 bits per heavy atom. The van der Waals surface area contributed by atoms with Gasteiger partial charge in [0.05, 0.1) is 11.8 Å². The van der Waals surface area contributed by atoms with Crippen molar-refractivity contribution in [1.29, 1.82) is 0 Å². The molecule has 1 fully saturated rings. The minimum Gasteiger partial charge on any atom is -0.324 e. The van der Waals surface area contributed by atoms with Crippen molar-refractivity contribution in [2.45, 2.75) is 19.8 Å². The summed E-state index contributed by atoms with van der Waals surface area (Å²) in [7, 11) is 0. The van der Waals surface area contributed by atoms with E-state index in [0.29, 0.717) is 23.6 Å². The molecule has 3 amide bonds. The summed E-state index contributed by atoms with van der Waals surface area (Å²) in [6.45, 7) is 1.63. The number of nitrogens with zero attached hydrogens (tertiary/aromatic N) is 1. The highest BCUT2D eigenvalue weighted by Gasteiger charge is 2.48. The second-order valence-corrected chi connectivity index (χ2v) is 6.41. The number of halogens is 1. The quantitative estimate of drug-likeness (QED) is 0.865. The summed E-state index contributed by atoms with van der Waals surface area (Å²) in [5.74, 6) is -1.76. The molecule has 1 N–H and O–H groups in total. The number of carbonyl (C=O) groups is 3. The lowest BCUT2D eigenvalue weighted by molar-refractivity contribution is -0.142. The molecule has 23 heavy (non-hydrogen) atoms. The van der Waals surface area contributed by atoms with Gasteiger partial charge in [0, 0.05) is 10.7 Å². The molecule has 6 heteroatoms. The summed E-state index contributed by atoms with van der Waals surface area (Å²) in [5, 5.41) is 3.35. The maximum Gasteiger partial charge on any atom is 0.244 e. The number of anilines is 1. The third-order valence-electron chi connectivity index (χ3n) is 4.38. The number of amides is 3. The standard InChI is InChI=1S/C17H17ClN2O3/c1-10-4-2-3-5-14(10)19-15(21)9-20-16(22)12-7-6-11(18)8-13(12)17(20)23/h2-6,12-13H,7-9H2,1H3,(H,19,21)/t12-,13-/m1/s1. The fourth-order valence-corrected chi connectivity index (χ4v) is 3.35. The monoisotopic (exact) mass is 332 g/mol. The minimum absolute atomic E-state index is 0.253. The number of fused-ring (bicyclic) bond motifs is 1. The zero-order valence-electron chi connectivity index (χ0n) is 12.7. The van der Waals surface area contributed by atoms with Gasteiger partial charge in [0.15, 0.2) is 0 Å². The first-order chi connectivity index (χ1) is 11.0. The van der Waals surface area contributed by atoms with E-state index in [1.165, 1.54) is 0 Å². The normalized spacial score (nSPS) is 23.6. The Balaban J connectivity index is 1.69. The molecule has 1 aliphatic heterocycles. The Morgan fingerprint density at radius 2 is 1.96 bits per heavy atom. The predicted molar refractivity (Wildman–Crippen MR) is 86.7 cm³/mol. The lowest BCUT2D eigenvalue weighted by atomic mass is 9.85. The molecule has 0 radical (unpaired) electrons. The maximum atomic E-state index is 12.4. The maximum absolute atomic E-state index is 12.4. The van der Waals surface area contributed by atoms with Crippen molar-refractivity contribution in [3.8, 4) is 0 Å². The fourth-order valence-electron chi connectivity index (χ4n) is 3.10. The van der Waals surface area contributed by atoms with Gasteiger partial charge in [-0.05, 0) is 31.4 Å². The SMILES string of the molecule is Cc1ccccc1NC(=O)CN1C(=O)[C@@H]2CC=C(Cl)C[C@H]2C1=O. The van der Waals surface area contributed by atoms with Crippen LogP contribution in [-0.4, -0.2) is 29.2 Å². The number of aryl methyl sites for hydroxylation is 1. The van der Waals surface area contributed by atoms with E-state index < -0.39 is 5.92 Å². The number of likely N-dealkylation sites (tertiary alicyclic amines) is 1. The molecule has 1 aromatic carbocycles. The Labute approximate surface area is 139 Å². The number of imide groups is 1. The molecular weight excluding hydrogens is 316 g/mol. The van der Waals surface area contributed by atoms with E-state index in [1.807, 2.05) is 25.1 Å². The lowest BCUT2D eigenvalue weighted by Gasteiger charge is -2.17. The summed E-state index contributed by atoms with van der Waals surface area (Å²) >= 11 is 5.97. The van der Waals surface area contributed by atoms with Crippen LogP contribution in [0, 0.1) is 18.8 Å². The molecule has 120 valence electrons. The number of hydrogen-bond donors (Lipinski definition) is 1. The second-order valence-electron chi connectivity index (χ2n) is 5.93. The molecule has 1 saturated heterocycles. The van der Waals surface area contributed by atoms with E-state index >= 15 is 0 Å². The number of hydrogen-bond acceptors (Lipinski definition) is 3. The highest BCUT2D eigenvalue weighted by Crippen LogP contribution is 2.38. The molecule has 0 bridgehead atoms. The van der Waals surface area contributed by atoms with Crippen LogP contribution in [0.1, 0.15) is 18.4 Å². The van der Waals surface area contributed by atoms with Crippen LogP contribution < -0.4 is 5.32 Å². The van der Waals surface area contributed by atoms with Crippen molar-refractivity contribution in [1.82, 2.24) is 4.90 Å². The van der Waals surface area contributed by atoms with Gasteiger partial charge in [-0.3, -0.25) is 19.3 Å². The van der Waals surface area contributed by atoms with Crippen LogP contribution in [0.4, 0.5) is 5.69 Å². The molecule has 1 aliphatic carbocycles. The lowest BCUT2D eigenvalue weighted by Crippen LogP contribution is -2.38. The predicted octanol–water partition coefficient (Wildman–Crippen LogP) is 2.45. The van der Waals surface area contributed by atoms with E-state index in [0.717, 1.165) is 10.5 Å². The summed E-state index contributed by atoms with van der Waals surface area (Å²) in [6, 6.07) is 7.35. The molecule has 2 aliphatic rings. The van der Waals surface area contributed by atoms with E-state index in [4.69, 9.17) is 11.6 Å². The van der Waals surface area contributed by atoms with Gasteiger partial charge in [-0.25, -0.2) is 0 Å². The van der Waals surface area contributed by atoms with Crippen LogP contribution in [0.15, 0.2) is 35.4 Å². The van der Waals surface area contributed by atoms with Crippen LogP contribution in [0.25, 0.3) is 0 Å². The fraction of sp³-hybridized carbons (Fsp3) is 0.353. The minimum atomic E-state index is -0.425. The number of benzene rings is 1. The summed E-state index contributed by atoms with van der Waals surface area (Å²) < 4.78 is 0. The highest BCUT2D eigenvalue weighted by molar-refractivity contribution is 6.30. The van der Waals surface area contributed by atoms with Crippen LogP contribution in [-0.2, 0) is 14.4 Å². The van der Waals surface area contributed by atoms with Crippen molar-refractivity contribution >= 4 is 35.0 Å². The number of nitrogens with one attached hydrogen (secondary N) is 1. The molecular formula is C17H17ClN2O3. The Hall–Kier alpha value is -2.14. The molecule has 2 atom stereocenters. The topological polar surface area (TPSA) is 66.5 Å². The number of carbonyl (C=O) groups excluding carboxylic acids is 3. The first kappa shape index (κ1) is 15.7. The van der Waals surface area contributed by atoms with Gasteiger partial charge in [-0.2, -0.15) is 0 Å². The van der Waals surface area contributed by atoms with Gasteiger partial charge < -0.3 is 5.32 Å². The Bertz CT molecular complexity index is 714. The van der Waals surface area contributed by atoms with Gasteiger partial charge in [0.2, 0.25) is 17.7 Å². The summed E-state index contributed by atoms with van der Waals surface area (Å²) in [6.07, 6.45) is 2.63. The third kappa shape index (κ3) is 3.01. The third-order valence-corrected chi connectivity index (χ3v) is 4.69. The van der Waals surface area contributed by atoms with Crippen molar-refractivity contribution < 1.29 is 14.4 Å². The first-order valence-electron chi connectivity index (χ1n) is 7.52. The van der Waals surface area contributed by atoms with E-state index in [2.05, 4.69) is 5.32 Å². The van der Waals surface area contributed by atoms with Crippen LogP contribution in [0.5, 0.6) is 0 Å². The molecule has 0 spiro atoms. The van der Waals surface area contributed by atoms with Crippen molar-refractivity contribution in [2.75, 3.05) is 11.9 Å². The molecule has 0 saturated carbocycles. The molecule has 1 aromatic rings. The van der Waals surface area contributed by atoms with Crippen LogP contribution in [0.2, 0.25) is 0 Å². The number of rotatable bonds is 3. The van der Waals surface area contributed by atoms with Crippen molar-refractivity contribution in [2.24, 2.45) is 11.8 Å². The second kappa shape index (κ2) is 6.16. The van der Waals surface area contributed by atoms with Crippen LogP contribution in [0.3, 0.4) is 0 Å². The van der Waals surface area contributed by atoms with E-state index in [9.17, 15) is 14.4 Å². The van der Waals surface area contributed by atoms with E-state index in [-0.39, 0.29) is 30.2 Å². The molecule has 0 unspecified atom stereocenters. The van der Waals surface area contributed by atoms with Gasteiger partial charge in [-0.1, -0.05) is 35.9 Å². The van der Waals surface area contributed by atoms with Crippen LogP contribution >= 0.6 is 11.6 Å². The summed E-state index contributed by atoms with van der Waals surface area (Å²) in [5.41, 5.74) is 1.60. The average molecular weight is 333 g/mol. The largest absolute Gasteiger partial charge is 0.324 e. The van der Waals surface area contributed by atoms with Gasteiger partial charge in [-0.15, -0.1) is 0 Å². The van der Waals surface area contributed by atoms with Crippen molar-refractivity contribution in [3.63, 3.8) is 0 Å². The Morgan fingerprint density at radius 1 is 1.26 bits per heavy atom. The highest BCUT2D eigenvalue weighted by atomic mass is 35.5. The first-order valence-corrected chi connectivity index (χ1v) is 7.90. The zero-order chi connectivity index (χ0) is 16.6. The number of para-hydroxylation sites is 1. The molecule has 1 heterocycles.